The number of esters is 1. The van der Waals surface area contributed by atoms with Gasteiger partial charge in [0.15, 0.2) is 0 Å². The standard InChI is InChI=1S/C13H22O7/c1-5-9(12(15)16)10(8(2)3)6-11(14)19-7-20-13(17)18-4/h8-10H,5-7H2,1-4H3,(H,15,16). The molecule has 0 amide bonds. The van der Waals surface area contributed by atoms with Crippen LogP contribution in [-0.2, 0) is 23.8 Å². The first kappa shape index (κ1) is 18.2. The molecule has 116 valence electrons. The molecular weight excluding hydrogens is 268 g/mol. The van der Waals surface area contributed by atoms with Crippen LogP contribution in [0.1, 0.15) is 33.6 Å². The molecule has 0 aromatic carbocycles. The fourth-order valence-corrected chi connectivity index (χ4v) is 1.96. The number of carboxylic acids is 1. The fraction of sp³-hybridized carbons (Fsp3) is 0.769. The highest BCUT2D eigenvalue weighted by Gasteiger charge is 2.31. The van der Waals surface area contributed by atoms with Crippen molar-refractivity contribution in [3.8, 4) is 0 Å². The summed E-state index contributed by atoms with van der Waals surface area (Å²) in [7, 11) is 1.14. The van der Waals surface area contributed by atoms with Crippen LogP contribution in [0.5, 0.6) is 0 Å². The van der Waals surface area contributed by atoms with Crippen molar-refractivity contribution in [2.24, 2.45) is 17.8 Å². The minimum Gasteiger partial charge on any atom is -0.481 e. The first-order valence-electron chi connectivity index (χ1n) is 6.42. The van der Waals surface area contributed by atoms with Gasteiger partial charge in [0.1, 0.15) is 0 Å². The van der Waals surface area contributed by atoms with E-state index in [0.717, 1.165) is 7.11 Å². The van der Waals surface area contributed by atoms with Crippen LogP contribution in [0.4, 0.5) is 4.79 Å². The second kappa shape index (κ2) is 9.17. The number of hydrogen-bond donors (Lipinski definition) is 1. The number of aliphatic carboxylic acids is 1. The molecule has 0 aliphatic rings. The van der Waals surface area contributed by atoms with Gasteiger partial charge in [0.25, 0.3) is 0 Å². The first-order valence-corrected chi connectivity index (χ1v) is 6.42. The molecule has 20 heavy (non-hydrogen) atoms. The van der Waals surface area contributed by atoms with Gasteiger partial charge in [-0.25, -0.2) is 4.79 Å². The third-order valence-corrected chi connectivity index (χ3v) is 3.10. The third kappa shape index (κ3) is 6.40. The highest BCUT2D eigenvalue weighted by molar-refractivity contribution is 5.74. The van der Waals surface area contributed by atoms with E-state index >= 15 is 0 Å². The van der Waals surface area contributed by atoms with Crippen molar-refractivity contribution in [1.29, 1.82) is 0 Å². The van der Waals surface area contributed by atoms with Crippen molar-refractivity contribution in [3.05, 3.63) is 0 Å². The van der Waals surface area contributed by atoms with Gasteiger partial charge in [-0.2, -0.15) is 0 Å². The number of methoxy groups -OCH3 is 1. The lowest BCUT2D eigenvalue weighted by molar-refractivity contribution is -0.156. The first-order chi connectivity index (χ1) is 9.33. The van der Waals surface area contributed by atoms with Crippen LogP contribution in [0.15, 0.2) is 0 Å². The van der Waals surface area contributed by atoms with Gasteiger partial charge in [0, 0.05) is 6.42 Å². The molecule has 1 N–H and O–H groups in total. The van der Waals surface area contributed by atoms with E-state index in [9.17, 15) is 14.4 Å². The normalized spacial score (nSPS) is 13.4. The lowest BCUT2D eigenvalue weighted by atomic mass is 9.79. The van der Waals surface area contributed by atoms with Crippen molar-refractivity contribution in [3.63, 3.8) is 0 Å². The molecule has 0 heterocycles. The van der Waals surface area contributed by atoms with Gasteiger partial charge >= 0.3 is 18.1 Å². The molecule has 0 saturated heterocycles. The molecule has 0 rings (SSSR count). The second-order valence-electron chi connectivity index (χ2n) is 4.70. The highest BCUT2D eigenvalue weighted by Crippen LogP contribution is 2.27. The number of carboxylic acid groups (broad SMARTS) is 1. The Bertz CT molecular complexity index is 338. The average Bonchev–Trinajstić information content (AvgIpc) is 2.37. The van der Waals surface area contributed by atoms with Gasteiger partial charge in [0.2, 0.25) is 6.79 Å². The summed E-state index contributed by atoms with van der Waals surface area (Å²) in [5.41, 5.74) is 0. The van der Waals surface area contributed by atoms with E-state index in [1.54, 1.807) is 6.92 Å². The Morgan fingerprint density at radius 2 is 1.75 bits per heavy atom. The maximum atomic E-state index is 11.6. The molecule has 0 aromatic heterocycles. The molecule has 0 aromatic rings. The van der Waals surface area contributed by atoms with E-state index in [4.69, 9.17) is 9.84 Å². The lowest BCUT2D eigenvalue weighted by Gasteiger charge is -2.25. The summed E-state index contributed by atoms with van der Waals surface area (Å²) >= 11 is 0. The molecule has 0 saturated carbocycles. The summed E-state index contributed by atoms with van der Waals surface area (Å²) in [6, 6.07) is 0. The van der Waals surface area contributed by atoms with E-state index in [1.165, 1.54) is 0 Å². The molecule has 0 aliphatic carbocycles. The van der Waals surface area contributed by atoms with Crippen LogP contribution in [0.3, 0.4) is 0 Å². The van der Waals surface area contributed by atoms with Crippen LogP contribution >= 0.6 is 0 Å². The molecule has 0 bridgehead atoms. The van der Waals surface area contributed by atoms with E-state index in [2.05, 4.69) is 9.47 Å². The fourth-order valence-electron chi connectivity index (χ4n) is 1.96. The van der Waals surface area contributed by atoms with Gasteiger partial charge < -0.3 is 19.3 Å². The SMILES string of the molecule is CCC(C(=O)O)C(CC(=O)OCOC(=O)OC)C(C)C. The van der Waals surface area contributed by atoms with Gasteiger partial charge in [-0.05, 0) is 18.3 Å². The third-order valence-electron chi connectivity index (χ3n) is 3.10. The Morgan fingerprint density at radius 3 is 2.15 bits per heavy atom. The van der Waals surface area contributed by atoms with Crippen LogP contribution in [-0.4, -0.2) is 37.1 Å². The maximum Gasteiger partial charge on any atom is 0.510 e. The largest absolute Gasteiger partial charge is 0.510 e. The minimum absolute atomic E-state index is 0.0186. The van der Waals surface area contributed by atoms with Crippen molar-refractivity contribution in [1.82, 2.24) is 0 Å². The van der Waals surface area contributed by atoms with Crippen molar-refractivity contribution >= 4 is 18.1 Å². The van der Waals surface area contributed by atoms with Crippen LogP contribution < -0.4 is 0 Å². The lowest BCUT2D eigenvalue weighted by Crippen LogP contribution is -2.30. The Morgan fingerprint density at radius 1 is 1.15 bits per heavy atom. The molecule has 2 unspecified atom stereocenters. The smallest absolute Gasteiger partial charge is 0.481 e. The van der Waals surface area contributed by atoms with Gasteiger partial charge in [-0.1, -0.05) is 20.8 Å². The summed E-state index contributed by atoms with van der Waals surface area (Å²) in [6.07, 6.45) is -0.549. The number of rotatable bonds is 8. The number of carbonyl (C=O) groups excluding carboxylic acids is 2. The summed E-state index contributed by atoms with van der Waals surface area (Å²) in [5, 5.41) is 9.15. The summed E-state index contributed by atoms with van der Waals surface area (Å²) in [6.45, 7) is 4.93. The molecule has 0 aliphatic heterocycles. The zero-order valence-corrected chi connectivity index (χ0v) is 12.3. The zero-order valence-electron chi connectivity index (χ0n) is 12.3. The predicted octanol–water partition coefficient (Wildman–Crippen LogP) is 2.04. The monoisotopic (exact) mass is 290 g/mol. The van der Waals surface area contributed by atoms with Crippen LogP contribution in [0.2, 0.25) is 0 Å². The Labute approximate surface area is 118 Å². The van der Waals surface area contributed by atoms with E-state index in [0.29, 0.717) is 6.42 Å². The summed E-state index contributed by atoms with van der Waals surface area (Å²) < 4.78 is 13.3. The minimum atomic E-state index is -0.949. The number of hydrogen-bond acceptors (Lipinski definition) is 6. The van der Waals surface area contributed by atoms with Crippen LogP contribution in [0, 0.1) is 17.8 Å². The quantitative estimate of drug-likeness (QED) is 0.539. The van der Waals surface area contributed by atoms with Crippen molar-refractivity contribution in [2.45, 2.75) is 33.6 Å². The Balaban J connectivity index is 4.41. The van der Waals surface area contributed by atoms with E-state index < -0.39 is 30.8 Å². The highest BCUT2D eigenvalue weighted by atomic mass is 16.8. The van der Waals surface area contributed by atoms with E-state index in [1.807, 2.05) is 13.8 Å². The molecule has 7 heteroatoms. The molecule has 0 fully saturated rings. The predicted molar refractivity (Wildman–Crippen MR) is 68.8 cm³/mol. The van der Waals surface area contributed by atoms with Gasteiger partial charge in [0.05, 0.1) is 13.0 Å². The van der Waals surface area contributed by atoms with Gasteiger partial charge in [-0.15, -0.1) is 0 Å². The zero-order chi connectivity index (χ0) is 15.7. The molecule has 0 radical (unpaired) electrons. The topological polar surface area (TPSA) is 99.1 Å². The summed E-state index contributed by atoms with van der Waals surface area (Å²) in [5.74, 6) is -2.45. The van der Waals surface area contributed by atoms with Crippen molar-refractivity contribution < 1.29 is 33.7 Å². The maximum absolute atomic E-state index is 11.6. The van der Waals surface area contributed by atoms with Crippen molar-refractivity contribution in [2.75, 3.05) is 13.9 Å². The Hall–Kier alpha value is -1.79. The van der Waals surface area contributed by atoms with E-state index in [-0.39, 0.29) is 18.3 Å². The molecular formula is C13H22O7. The molecule has 0 spiro atoms. The van der Waals surface area contributed by atoms with Gasteiger partial charge in [-0.3, -0.25) is 9.59 Å². The number of carbonyl (C=O) groups is 3. The molecule has 2 atom stereocenters. The average molecular weight is 290 g/mol. The molecule has 7 nitrogen and oxygen atoms in total. The summed E-state index contributed by atoms with van der Waals surface area (Å²) in [4.78, 5) is 33.4. The Kier molecular flexibility index (Phi) is 8.35. The number of ether oxygens (including phenoxy) is 3. The second-order valence-corrected chi connectivity index (χ2v) is 4.70. The van der Waals surface area contributed by atoms with Crippen LogP contribution in [0.25, 0.3) is 0 Å².